The highest BCUT2D eigenvalue weighted by atomic mass is 16.5. The molecule has 0 fully saturated rings. The molecule has 2 N–H and O–H groups in total. The van der Waals surface area contributed by atoms with Crippen LogP contribution in [0.3, 0.4) is 0 Å². The maximum absolute atomic E-state index is 12.4. The smallest absolute Gasteiger partial charge is 0.227 e. The van der Waals surface area contributed by atoms with Crippen molar-refractivity contribution >= 4 is 5.91 Å². The molecule has 1 aromatic carbocycles. The quantitative estimate of drug-likeness (QED) is 0.864. The molecule has 1 amide bonds. The normalized spacial score (nSPS) is 20.4. The first-order chi connectivity index (χ1) is 9.58. The van der Waals surface area contributed by atoms with Crippen LogP contribution in [0.1, 0.15) is 32.3 Å². The molecule has 1 heterocycles. The van der Waals surface area contributed by atoms with Crippen LogP contribution in [0.5, 0.6) is 5.75 Å². The van der Waals surface area contributed by atoms with Crippen molar-refractivity contribution in [3.63, 3.8) is 0 Å². The van der Waals surface area contributed by atoms with Crippen molar-refractivity contribution in [1.82, 2.24) is 5.32 Å². The van der Waals surface area contributed by atoms with Crippen molar-refractivity contribution in [3.8, 4) is 5.75 Å². The van der Waals surface area contributed by atoms with Gasteiger partial charge in [0, 0.05) is 12.1 Å². The van der Waals surface area contributed by atoms with Gasteiger partial charge in [0.2, 0.25) is 5.91 Å². The number of hydrogen-bond donors (Lipinski definition) is 2. The summed E-state index contributed by atoms with van der Waals surface area (Å²) in [5.74, 6) is 0.733. The highest BCUT2D eigenvalue weighted by Crippen LogP contribution is 2.27. The standard InChI is InChI=1S/C16H23NO3/c1-3-16(2,8-9-18)17-15(19)13-10-12-6-4-5-7-14(12)20-11-13/h4-7,13,18H,3,8-11H2,1-2H3,(H,17,19). The van der Waals surface area contributed by atoms with Gasteiger partial charge in [-0.2, -0.15) is 0 Å². The molecule has 0 radical (unpaired) electrons. The number of carbonyl (C=O) groups excluding carboxylic acids is 1. The van der Waals surface area contributed by atoms with E-state index in [0.717, 1.165) is 17.7 Å². The van der Waals surface area contributed by atoms with Crippen LogP contribution in [0.15, 0.2) is 24.3 Å². The molecule has 2 atom stereocenters. The Hall–Kier alpha value is -1.55. The summed E-state index contributed by atoms with van der Waals surface area (Å²) in [5.41, 5.74) is 0.738. The highest BCUT2D eigenvalue weighted by molar-refractivity contribution is 5.80. The fourth-order valence-corrected chi connectivity index (χ4v) is 2.47. The number of nitrogens with one attached hydrogen (secondary N) is 1. The maximum Gasteiger partial charge on any atom is 0.227 e. The van der Waals surface area contributed by atoms with E-state index in [2.05, 4.69) is 5.32 Å². The molecule has 2 unspecified atom stereocenters. The minimum atomic E-state index is -0.344. The van der Waals surface area contributed by atoms with Crippen LogP contribution in [0.4, 0.5) is 0 Å². The fourth-order valence-electron chi connectivity index (χ4n) is 2.47. The van der Waals surface area contributed by atoms with E-state index in [0.29, 0.717) is 19.4 Å². The van der Waals surface area contributed by atoms with E-state index in [9.17, 15) is 4.79 Å². The molecule has 1 aliphatic rings. The molecule has 0 saturated heterocycles. The van der Waals surface area contributed by atoms with Crippen LogP contribution >= 0.6 is 0 Å². The SMILES string of the molecule is CCC(C)(CCO)NC(=O)C1COc2ccccc2C1. The first-order valence-corrected chi connectivity index (χ1v) is 7.21. The van der Waals surface area contributed by atoms with E-state index < -0.39 is 0 Å². The number of carbonyl (C=O) groups is 1. The Morgan fingerprint density at radius 2 is 2.25 bits per heavy atom. The molecule has 1 aliphatic heterocycles. The molecule has 20 heavy (non-hydrogen) atoms. The number of aliphatic hydroxyl groups is 1. The van der Waals surface area contributed by atoms with Crippen molar-refractivity contribution in [3.05, 3.63) is 29.8 Å². The zero-order chi connectivity index (χ0) is 14.6. The number of amides is 1. The van der Waals surface area contributed by atoms with Crippen molar-refractivity contribution in [2.45, 2.75) is 38.6 Å². The molecule has 0 bridgehead atoms. The Bertz CT molecular complexity index is 475. The number of benzene rings is 1. The van der Waals surface area contributed by atoms with Gasteiger partial charge in [-0.3, -0.25) is 4.79 Å². The molecule has 4 heteroatoms. The topological polar surface area (TPSA) is 58.6 Å². The van der Waals surface area contributed by atoms with E-state index in [1.807, 2.05) is 38.1 Å². The number of ether oxygens (including phenoxy) is 1. The Balaban J connectivity index is 2.01. The Morgan fingerprint density at radius 1 is 1.50 bits per heavy atom. The van der Waals surface area contributed by atoms with E-state index in [4.69, 9.17) is 9.84 Å². The molecule has 0 aromatic heterocycles. The molecule has 2 rings (SSSR count). The van der Waals surface area contributed by atoms with Gasteiger partial charge < -0.3 is 15.2 Å². The third-order valence-electron chi connectivity index (χ3n) is 4.12. The molecule has 4 nitrogen and oxygen atoms in total. The van der Waals surface area contributed by atoms with Crippen molar-refractivity contribution in [2.75, 3.05) is 13.2 Å². The summed E-state index contributed by atoms with van der Waals surface area (Å²) in [7, 11) is 0. The van der Waals surface area contributed by atoms with Gasteiger partial charge >= 0.3 is 0 Å². The van der Waals surface area contributed by atoms with Gasteiger partial charge in [-0.05, 0) is 37.8 Å². The molecular weight excluding hydrogens is 254 g/mol. The summed E-state index contributed by atoms with van der Waals surface area (Å²) in [6.07, 6.45) is 2.07. The molecule has 1 aromatic rings. The van der Waals surface area contributed by atoms with Crippen molar-refractivity contribution < 1.29 is 14.6 Å². The van der Waals surface area contributed by atoms with Gasteiger partial charge in [-0.15, -0.1) is 0 Å². The van der Waals surface area contributed by atoms with Gasteiger partial charge in [0.25, 0.3) is 0 Å². The van der Waals surface area contributed by atoms with Crippen LogP contribution in [-0.4, -0.2) is 29.8 Å². The summed E-state index contributed by atoms with van der Waals surface area (Å²) in [6.45, 7) is 4.48. The molecular formula is C16H23NO3. The molecule has 110 valence electrons. The van der Waals surface area contributed by atoms with Crippen LogP contribution in [0, 0.1) is 5.92 Å². The maximum atomic E-state index is 12.4. The average molecular weight is 277 g/mol. The van der Waals surface area contributed by atoms with Gasteiger partial charge in [-0.1, -0.05) is 25.1 Å². The van der Waals surface area contributed by atoms with E-state index >= 15 is 0 Å². The second kappa shape index (κ2) is 6.27. The number of para-hydroxylation sites is 1. The van der Waals surface area contributed by atoms with Crippen molar-refractivity contribution in [2.24, 2.45) is 5.92 Å². The van der Waals surface area contributed by atoms with Crippen LogP contribution < -0.4 is 10.1 Å². The highest BCUT2D eigenvalue weighted by Gasteiger charge is 2.30. The predicted molar refractivity (Wildman–Crippen MR) is 77.7 cm³/mol. The van der Waals surface area contributed by atoms with Gasteiger partial charge in [0.15, 0.2) is 0 Å². The van der Waals surface area contributed by atoms with Gasteiger partial charge in [0.05, 0.1) is 5.92 Å². The molecule has 0 aliphatic carbocycles. The fraction of sp³-hybridized carbons (Fsp3) is 0.562. The first-order valence-electron chi connectivity index (χ1n) is 7.21. The second-order valence-electron chi connectivity index (χ2n) is 5.70. The lowest BCUT2D eigenvalue weighted by molar-refractivity contribution is -0.128. The first kappa shape index (κ1) is 14.9. The summed E-state index contributed by atoms with van der Waals surface area (Å²) in [5, 5.41) is 12.2. The predicted octanol–water partition coefficient (Wildman–Crippen LogP) is 1.90. The van der Waals surface area contributed by atoms with Gasteiger partial charge in [0.1, 0.15) is 12.4 Å². The summed E-state index contributed by atoms with van der Waals surface area (Å²) in [4.78, 5) is 12.4. The van der Waals surface area contributed by atoms with Crippen LogP contribution in [0.2, 0.25) is 0 Å². The average Bonchev–Trinajstić information content (AvgIpc) is 2.47. The molecule has 0 spiro atoms. The van der Waals surface area contributed by atoms with E-state index in [1.54, 1.807) is 0 Å². The van der Waals surface area contributed by atoms with Crippen LogP contribution in [0.25, 0.3) is 0 Å². The summed E-state index contributed by atoms with van der Waals surface area (Å²) < 4.78 is 5.66. The Morgan fingerprint density at radius 3 is 2.95 bits per heavy atom. The number of fused-ring (bicyclic) bond motifs is 1. The minimum absolute atomic E-state index is 0.0114. The van der Waals surface area contributed by atoms with Gasteiger partial charge in [-0.25, -0.2) is 0 Å². The lowest BCUT2D eigenvalue weighted by Gasteiger charge is -2.32. The second-order valence-corrected chi connectivity index (χ2v) is 5.70. The van der Waals surface area contributed by atoms with E-state index in [1.165, 1.54) is 0 Å². The Kier molecular flexibility index (Phi) is 4.65. The lowest BCUT2D eigenvalue weighted by atomic mass is 9.91. The van der Waals surface area contributed by atoms with Crippen LogP contribution in [-0.2, 0) is 11.2 Å². The third-order valence-corrected chi connectivity index (χ3v) is 4.12. The van der Waals surface area contributed by atoms with E-state index in [-0.39, 0.29) is 24.0 Å². The largest absolute Gasteiger partial charge is 0.492 e. The number of aliphatic hydroxyl groups excluding tert-OH is 1. The third kappa shape index (κ3) is 3.31. The van der Waals surface area contributed by atoms with Crippen molar-refractivity contribution in [1.29, 1.82) is 0 Å². The zero-order valence-electron chi connectivity index (χ0n) is 12.2. The lowest BCUT2D eigenvalue weighted by Crippen LogP contribution is -2.50. The summed E-state index contributed by atoms with van der Waals surface area (Å²) >= 11 is 0. The number of hydrogen-bond acceptors (Lipinski definition) is 3. The Labute approximate surface area is 120 Å². The molecule has 0 saturated carbocycles. The monoisotopic (exact) mass is 277 g/mol. The summed E-state index contributed by atoms with van der Waals surface area (Å²) in [6, 6.07) is 7.84. The minimum Gasteiger partial charge on any atom is -0.492 e. The zero-order valence-corrected chi connectivity index (χ0v) is 12.2. The number of rotatable bonds is 5.